The van der Waals surface area contributed by atoms with Gasteiger partial charge in [-0.05, 0) is 35.3 Å². The molecule has 0 bridgehead atoms. The molecule has 0 saturated heterocycles. The van der Waals surface area contributed by atoms with Crippen molar-refractivity contribution < 1.29 is 19.1 Å². The number of carboxylic acids is 1. The van der Waals surface area contributed by atoms with Gasteiger partial charge in [0, 0.05) is 11.1 Å². The Bertz CT molecular complexity index is 818. The van der Waals surface area contributed by atoms with Crippen LogP contribution in [0.5, 0.6) is 0 Å². The number of benzene rings is 2. The number of carbonyl (C=O) groups is 2. The normalized spacial score (nSPS) is 11.9. The van der Waals surface area contributed by atoms with Gasteiger partial charge in [0.2, 0.25) is 0 Å². The smallest absolute Gasteiger partial charge is 0.352 e. The Morgan fingerprint density at radius 1 is 1.04 bits per heavy atom. The van der Waals surface area contributed by atoms with E-state index in [4.69, 9.17) is 0 Å². The van der Waals surface area contributed by atoms with Gasteiger partial charge >= 0.3 is 5.97 Å². The fraction of sp³-hybridized carbons (Fsp3) is 0.200. The first kappa shape index (κ1) is 18.4. The third kappa shape index (κ3) is 4.76. The van der Waals surface area contributed by atoms with Crippen molar-refractivity contribution in [3.05, 3.63) is 76.7 Å². The lowest BCUT2D eigenvalue weighted by Gasteiger charge is -2.19. The molecule has 2 rings (SSSR count). The number of carboxylic acid groups (broad SMARTS) is 1. The maximum absolute atomic E-state index is 13.7. The molecule has 0 unspecified atom stereocenters. The minimum Gasteiger partial charge on any atom is -0.477 e. The highest BCUT2D eigenvalue weighted by molar-refractivity contribution is 6.02. The minimum atomic E-state index is -1.34. The molecule has 1 amide bonds. The van der Waals surface area contributed by atoms with Gasteiger partial charge in [-0.25, -0.2) is 9.18 Å². The van der Waals surface area contributed by atoms with Crippen LogP contribution in [0.1, 0.15) is 42.3 Å². The van der Waals surface area contributed by atoms with Crippen LogP contribution in [-0.4, -0.2) is 17.0 Å². The fourth-order valence-corrected chi connectivity index (χ4v) is 2.22. The summed E-state index contributed by atoms with van der Waals surface area (Å²) in [4.78, 5) is 23.6. The van der Waals surface area contributed by atoms with E-state index in [-0.39, 0.29) is 11.0 Å². The monoisotopic (exact) mass is 341 g/mol. The van der Waals surface area contributed by atoms with Crippen molar-refractivity contribution in [1.82, 2.24) is 5.32 Å². The number of rotatable bonds is 4. The van der Waals surface area contributed by atoms with Gasteiger partial charge in [0.1, 0.15) is 11.5 Å². The highest BCUT2D eigenvalue weighted by Crippen LogP contribution is 2.22. The highest BCUT2D eigenvalue weighted by atomic mass is 19.1. The fourth-order valence-electron chi connectivity index (χ4n) is 2.22. The first-order valence-corrected chi connectivity index (χ1v) is 7.80. The third-order valence-corrected chi connectivity index (χ3v) is 3.70. The predicted octanol–water partition coefficient (Wildman–Crippen LogP) is 3.98. The van der Waals surface area contributed by atoms with E-state index in [0.717, 1.165) is 11.6 Å². The average Bonchev–Trinajstić information content (AvgIpc) is 2.55. The summed E-state index contributed by atoms with van der Waals surface area (Å²) in [6.45, 7) is 6.17. The number of halogens is 1. The van der Waals surface area contributed by atoms with Gasteiger partial charge in [0.05, 0.1) is 0 Å². The molecule has 0 aliphatic carbocycles. The molecule has 0 aliphatic rings. The van der Waals surface area contributed by atoms with Crippen LogP contribution in [0.15, 0.2) is 54.2 Å². The molecule has 0 fully saturated rings. The molecule has 2 N–H and O–H groups in total. The molecule has 0 saturated carbocycles. The molecular formula is C20H20FNO3. The van der Waals surface area contributed by atoms with Crippen molar-refractivity contribution in [2.75, 3.05) is 0 Å². The molecule has 0 aromatic heterocycles. The molecule has 2 aromatic carbocycles. The van der Waals surface area contributed by atoms with Crippen LogP contribution in [-0.2, 0) is 10.2 Å². The standard InChI is InChI=1S/C20H20FNO3/c1-20(2,3)15-10-8-13(9-11-15)18(23)22-17(19(24)25)12-14-6-4-5-7-16(14)21/h4-12H,1-3H3,(H,22,23)(H,24,25)/b17-12+. The second kappa shape index (κ2) is 7.30. The van der Waals surface area contributed by atoms with Gasteiger partial charge in [-0.15, -0.1) is 0 Å². The maximum Gasteiger partial charge on any atom is 0.352 e. The number of carbonyl (C=O) groups excluding carboxylic acids is 1. The van der Waals surface area contributed by atoms with Gasteiger partial charge in [-0.2, -0.15) is 0 Å². The second-order valence-electron chi connectivity index (χ2n) is 6.67. The van der Waals surface area contributed by atoms with E-state index >= 15 is 0 Å². The largest absolute Gasteiger partial charge is 0.477 e. The van der Waals surface area contributed by atoms with E-state index in [1.165, 1.54) is 18.2 Å². The molecule has 0 radical (unpaired) electrons. The number of aliphatic carboxylic acids is 1. The van der Waals surface area contributed by atoms with Crippen LogP contribution in [0.4, 0.5) is 4.39 Å². The molecule has 0 heterocycles. The molecule has 4 nitrogen and oxygen atoms in total. The Kier molecular flexibility index (Phi) is 5.37. The van der Waals surface area contributed by atoms with E-state index in [0.29, 0.717) is 5.56 Å². The number of hydrogen-bond donors (Lipinski definition) is 2. The summed E-state index contributed by atoms with van der Waals surface area (Å²) in [7, 11) is 0. The summed E-state index contributed by atoms with van der Waals surface area (Å²) in [5.41, 5.74) is 1.03. The van der Waals surface area contributed by atoms with Gasteiger partial charge in [-0.3, -0.25) is 4.79 Å². The number of hydrogen-bond acceptors (Lipinski definition) is 2. The van der Waals surface area contributed by atoms with E-state index in [1.807, 2.05) is 12.1 Å². The molecule has 2 aromatic rings. The second-order valence-corrected chi connectivity index (χ2v) is 6.67. The first-order chi connectivity index (χ1) is 11.7. The molecule has 25 heavy (non-hydrogen) atoms. The SMILES string of the molecule is CC(C)(C)c1ccc(C(=O)N/C(=C/c2ccccc2F)C(=O)O)cc1. The van der Waals surface area contributed by atoms with Crippen LogP contribution in [0.25, 0.3) is 6.08 Å². The lowest BCUT2D eigenvalue weighted by molar-refractivity contribution is -0.132. The molecule has 130 valence electrons. The number of amides is 1. The summed E-state index contributed by atoms with van der Waals surface area (Å²) in [6.07, 6.45) is 1.10. The maximum atomic E-state index is 13.7. The zero-order valence-corrected chi connectivity index (χ0v) is 14.3. The lowest BCUT2D eigenvalue weighted by atomic mass is 9.87. The third-order valence-electron chi connectivity index (χ3n) is 3.70. The van der Waals surface area contributed by atoms with Crippen LogP contribution < -0.4 is 5.32 Å². The van der Waals surface area contributed by atoms with Crippen LogP contribution in [0.3, 0.4) is 0 Å². The molecule has 0 spiro atoms. The van der Waals surface area contributed by atoms with E-state index in [2.05, 4.69) is 26.1 Å². The van der Waals surface area contributed by atoms with Crippen molar-refractivity contribution in [3.8, 4) is 0 Å². The Labute approximate surface area is 146 Å². The highest BCUT2D eigenvalue weighted by Gasteiger charge is 2.17. The summed E-state index contributed by atoms with van der Waals surface area (Å²) >= 11 is 0. The molecule has 5 heteroatoms. The summed E-state index contributed by atoms with van der Waals surface area (Å²) in [6, 6.07) is 12.7. The lowest BCUT2D eigenvalue weighted by Crippen LogP contribution is -2.27. The molecule has 0 atom stereocenters. The van der Waals surface area contributed by atoms with Crippen molar-refractivity contribution in [2.24, 2.45) is 0 Å². The topological polar surface area (TPSA) is 66.4 Å². The van der Waals surface area contributed by atoms with E-state index in [1.54, 1.807) is 18.2 Å². The minimum absolute atomic E-state index is 0.0496. The first-order valence-electron chi connectivity index (χ1n) is 7.80. The Morgan fingerprint density at radius 3 is 2.16 bits per heavy atom. The number of nitrogens with one attached hydrogen (secondary N) is 1. The van der Waals surface area contributed by atoms with Crippen LogP contribution in [0.2, 0.25) is 0 Å². The van der Waals surface area contributed by atoms with Crippen molar-refractivity contribution in [3.63, 3.8) is 0 Å². The van der Waals surface area contributed by atoms with Gasteiger partial charge in [0.25, 0.3) is 5.91 Å². The van der Waals surface area contributed by atoms with Gasteiger partial charge < -0.3 is 10.4 Å². The predicted molar refractivity (Wildman–Crippen MR) is 94.6 cm³/mol. The zero-order chi connectivity index (χ0) is 18.6. The zero-order valence-electron chi connectivity index (χ0n) is 14.3. The Balaban J connectivity index is 2.24. The molecule has 0 aliphatic heterocycles. The van der Waals surface area contributed by atoms with E-state index < -0.39 is 23.4 Å². The Morgan fingerprint density at radius 2 is 1.64 bits per heavy atom. The molecular weight excluding hydrogens is 321 g/mol. The van der Waals surface area contributed by atoms with Crippen LogP contribution in [0, 0.1) is 5.82 Å². The summed E-state index contributed by atoms with van der Waals surface area (Å²) in [5, 5.41) is 11.6. The van der Waals surface area contributed by atoms with Gasteiger partial charge in [-0.1, -0.05) is 51.1 Å². The average molecular weight is 341 g/mol. The van der Waals surface area contributed by atoms with Crippen molar-refractivity contribution in [2.45, 2.75) is 26.2 Å². The van der Waals surface area contributed by atoms with Crippen LogP contribution >= 0.6 is 0 Å². The van der Waals surface area contributed by atoms with Gasteiger partial charge in [0.15, 0.2) is 0 Å². The summed E-state index contributed by atoms with van der Waals surface area (Å²) < 4.78 is 13.7. The summed E-state index contributed by atoms with van der Waals surface area (Å²) in [5.74, 6) is -2.47. The van der Waals surface area contributed by atoms with Crippen molar-refractivity contribution in [1.29, 1.82) is 0 Å². The Hall–Kier alpha value is -2.95. The van der Waals surface area contributed by atoms with E-state index in [9.17, 15) is 19.1 Å². The quantitative estimate of drug-likeness (QED) is 0.827. The van der Waals surface area contributed by atoms with Crippen molar-refractivity contribution >= 4 is 18.0 Å².